The summed E-state index contributed by atoms with van der Waals surface area (Å²) in [6, 6.07) is 14.9. The number of nitrogens with one attached hydrogen (secondary N) is 1. The molecular weight excluding hydrogens is 366 g/mol. The molecule has 2 heterocycles. The Bertz CT molecular complexity index is 956. The lowest BCUT2D eigenvalue weighted by atomic mass is 10.2. The summed E-state index contributed by atoms with van der Waals surface area (Å²) < 4.78 is 13.0. The number of carbonyl (C=O) groups is 1. The van der Waals surface area contributed by atoms with Crippen LogP contribution < -0.4 is 14.8 Å². The van der Waals surface area contributed by atoms with Crippen molar-refractivity contribution in [3.8, 4) is 17.2 Å². The fourth-order valence-corrected chi connectivity index (χ4v) is 3.12. The quantitative estimate of drug-likeness (QED) is 0.747. The molecule has 6 nitrogen and oxygen atoms in total. The van der Waals surface area contributed by atoms with E-state index in [-0.39, 0.29) is 5.91 Å². The van der Waals surface area contributed by atoms with Crippen molar-refractivity contribution < 1.29 is 14.3 Å². The van der Waals surface area contributed by atoms with Gasteiger partial charge in [0, 0.05) is 19.2 Å². The molecule has 1 amide bonds. The molecule has 0 radical (unpaired) electrons. The highest BCUT2D eigenvalue weighted by atomic mass is 35.5. The number of rotatable bonds is 4. The van der Waals surface area contributed by atoms with Crippen LogP contribution >= 0.6 is 11.6 Å². The molecule has 2 aromatic carbocycles. The second kappa shape index (κ2) is 7.72. The van der Waals surface area contributed by atoms with Crippen LogP contribution in [0, 0.1) is 0 Å². The molecule has 4 rings (SSSR count). The summed E-state index contributed by atoms with van der Waals surface area (Å²) in [7, 11) is 0. The number of benzene rings is 2. The van der Waals surface area contributed by atoms with E-state index in [0.717, 1.165) is 17.7 Å². The van der Waals surface area contributed by atoms with Gasteiger partial charge in [-0.1, -0.05) is 29.8 Å². The topological polar surface area (TPSA) is 65.4 Å². The number of nitrogens with zero attached hydrogens (tertiary/aromatic N) is 2. The highest BCUT2D eigenvalue weighted by molar-refractivity contribution is 6.32. The Morgan fingerprint density at radius 1 is 1.15 bits per heavy atom. The Morgan fingerprint density at radius 2 is 1.96 bits per heavy atom. The molecule has 0 bridgehead atoms. The van der Waals surface area contributed by atoms with Crippen molar-refractivity contribution >= 4 is 17.5 Å². The number of hydrogen-bond acceptors (Lipinski definition) is 4. The fourth-order valence-electron chi connectivity index (χ4n) is 2.83. The van der Waals surface area contributed by atoms with Crippen molar-refractivity contribution in [3.63, 3.8) is 0 Å². The third kappa shape index (κ3) is 3.90. The van der Waals surface area contributed by atoms with Crippen LogP contribution in [-0.4, -0.2) is 28.9 Å². The first-order chi connectivity index (χ1) is 13.2. The average Bonchev–Trinajstić information content (AvgIpc) is 3.06. The first-order valence-electron chi connectivity index (χ1n) is 8.68. The first kappa shape index (κ1) is 17.4. The minimum absolute atomic E-state index is 0.257. The van der Waals surface area contributed by atoms with E-state index in [4.69, 9.17) is 21.1 Å². The normalized spacial score (nSPS) is 13.1. The van der Waals surface area contributed by atoms with Crippen LogP contribution in [0.4, 0.5) is 0 Å². The standard InChI is InChI=1S/C20H18ClN3O3/c21-16-11-14(12-18-19(16)27-10-4-9-26-18)13-22-20(25)17-7-8-24(23-17)15-5-2-1-3-6-15/h1-3,5-8,11-12H,4,9-10,13H2,(H,22,25). The molecule has 0 spiro atoms. The summed E-state index contributed by atoms with van der Waals surface area (Å²) in [6.07, 6.45) is 2.57. The van der Waals surface area contributed by atoms with Crippen LogP contribution in [0.1, 0.15) is 22.5 Å². The summed E-state index contributed by atoms with van der Waals surface area (Å²) in [5.74, 6) is 0.913. The zero-order valence-electron chi connectivity index (χ0n) is 14.5. The highest BCUT2D eigenvalue weighted by Gasteiger charge is 2.16. The minimum Gasteiger partial charge on any atom is -0.489 e. The number of hydrogen-bond donors (Lipinski definition) is 1. The number of carbonyl (C=O) groups excluding carboxylic acids is 1. The van der Waals surface area contributed by atoms with Gasteiger partial charge in [-0.2, -0.15) is 5.10 Å². The molecule has 27 heavy (non-hydrogen) atoms. The van der Waals surface area contributed by atoms with E-state index < -0.39 is 0 Å². The smallest absolute Gasteiger partial charge is 0.272 e. The van der Waals surface area contributed by atoms with Crippen LogP contribution in [0.2, 0.25) is 5.02 Å². The lowest BCUT2D eigenvalue weighted by Crippen LogP contribution is -2.23. The maximum Gasteiger partial charge on any atom is 0.272 e. The molecule has 7 heteroatoms. The van der Waals surface area contributed by atoms with Crippen molar-refractivity contribution in [2.45, 2.75) is 13.0 Å². The summed E-state index contributed by atoms with van der Waals surface area (Å²) in [5, 5.41) is 7.67. The third-order valence-corrected chi connectivity index (χ3v) is 4.44. The van der Waals surface area contributed by atoms with Gasteiger partial charge in [0.05, 0.1) is 23.9 Å². The molecule has 1 aliphatic heterocycles. The monoisotopic (exact) mass is 383 g/mol. The van der Waals surface area contributed by atoms with Gasteiger partial charge in [0.25, 0.3) is 5.91 Å². The van der Waals surface area contributed by atoms with Gasteiger partial charge < -0.3 is 14.8 Å². The van der Waals surface area contributed by atoms with Crippen LogP contribution in [0.5, 0.6) is 11.5 Å². The fraction of sp³-hybridized carbons (Fsp3) is 0.200. The molecule has 0 fully saturated rings. The Morgan fingerprint density at radius 3 is 2.81 bits per heavy atom. The Labute approximate surface area is 161 Å². The first-order valence-corrected chi connectivity index (χ1v) is 9.06. The largest absolute Gasteiger partial charge is 0.489 e. The molecule has 0 saturated carbocycles. The van der Waals surface area contributed by atoms with E-state index in [2.05, 4.69) is 10.4 Å². The van der Waals surface area contributed by atoms with E-state index in [1.807, 2.05) is 36.4 Å². The SMILES string of the molecule is O=C(NCc1cc(Cl)c2c(c1)OCCCO2)c1ccn(-c2ccccc2)n1. The van der Waals surface area contributed by atoms with Gasteiger partial charge in [0.2, 0.25) is 0 Å². The molecule has 138 valence electrons. The van der Waals surface area contributed by atoms with Gasteiger partial charge in [-0.05, 0) is 35.9 Å². The zero-order valence-corrected chi connectivity index (χ0v) is 15.3. The predicted molar refractivity (Wildman–Crippen MR) is 102 cm³/mol. The summed E-state index contributed by atoms with van der Waals surface area (Å²) in [4.78, 5) is 12.4. The molecule has 1 N–H and O–H groups in total. The molecule has 0 atom stereocenters. The van der Waals surface area contributed by atoms with Crippen molar-refractivity contribution in [1.82, 2.24) is 15.1 Å². The van der Waals surface area contributed by atoms with Crippen LogP contribution in [0.15, 0.2) is 54.7 Å². The number of para-hydroxylation sites is 1. The predicted octanol–water partition coefficient (Wildman–Crippen LogP) is 3.62. The zero-order chi connectivity index (χ0) is 18.6. The van der Waals surface area contributed by atoms with Crippen molar-refractivity contribution in [1.29, 1.82) is 0 Å². The number of amides is 1. The van der Waals surface area contributed by atoms with Gasteiger partial charge in [-0.25, -0.2) is 4.68 Å². The number of fused-ring (bicyclic) bond motifs is 1. The molecule has 1 aliphatic rings. The van der Waals surface area contributed by atoms with Gasteiger partial charge in [0.1, 0.15) is 0 Å². The highest BCUT2D eigenvalue weighted by Crippen LogP contribution is 2.37. The molecule has 1 aromatic heterocycles. The molecule has 0 saturated heterocycles. The number of ether oxygens (including phenoxy) is 2. The van der Waals surface area contributed by atoms with Crippen LogP contribution in [0.25, 0.3) is 5.69 Å². The van der Waals surface area contributed by atoms with Gasteiger partial charge in [0.15, 0.2) is 17.2 Å². The van der Waals surface area contributed by atoms with Gasteiger partial charge in [-0.15, -0.1) is 0 Å². The van der Waals surface area contributed by atoms with Gasteiger partial charge in [-0.3, -0.25) is 4.79 Å². The lowest BCUT2D eigenvalue weighted by Gasteiger charge is -2.12. The summed E-state index contributed by atoms with van der Waals surface area (Å²) >= 11 is 6.29. The second-order valence-corrected chi connectivity index (χ2v) is 6.53. The van der Waals surface area contributed by atoms with Crippen molar-refractivity contribution in [2.75, 3.05) is 13.2 Å². The minimum atomic E-state index is -0.257. The van der Waals surface area contributed by atoms with E-state index in [9.17, 15) is 4.79 Å². The maximum atomic E-state index is 12.4. The van der Waals surface area contributed by atoms with Crippen LogP contribution in [0.3, 0.4) is 0 Å². The van der Waals surface area contributed by atoms with E-state index >= 15 is 0 Å². The maximum absolute atomic E-state index is 12.4. The summed E-state index contributed by atoms with van der Waals surface area (Å²) in [6.45, 7) is 1.47. The molecule has 3 aromatic rings. The van der Waals surface area contributed by atoms with Gasteiger partial charge >= 0.3 is 0 Å². The Hall–Kier alpha value is -2.99. The molecule has 0 unspecified atom stereocenters. The summed E-state index contributed by atoms with van der Waals surface area (Å²) in [5.41, 5.74) is 2.07. The van der Waals surface area contributed by atoms with E-state index in [1.165, 1.54) is 0 Å². The van der Waals surface area contributed by atoms with Crippen LogP contribution in [-0.2, 0) is 6.54 Å². The van der Waals surface area contributed by atoms with Crippen molar-refractivity contribution in [2.24, 2.45) is 0 Å². The third-order valence-electron chi connectivity index (χ3n) is 4.16. The number of aromatic nitrogens is 2. The van der Waals surface area contributed by atoms with E-state index in [0.29, 0.717) is 42.0 Å². The molecule has 0 aliphatic carbocycles. The Kier molecular flexibility index (Phi) is 4.98. The average molecular weight is 384 g/mol. The number of halogens is 1. The van der Waals surface area contributed by atoms with Crippen molar-refractivity contribution in [3.05, 3.63) is 71.0 Å². The Balaban J connectivity index is 1.45. The second-order valence-electron chi connectivity index (χ2n) is 6.12. The molecular formula is C20H18ClN3O3. The van der Waals surface area contributed by atoms with E-state index in [1.54, 1.807) is 23.0 Å². The lowest BCUT2D eigenvalue weighted by molar-refractivity contribution is 0.0945.